The molecule has 1 aliphatic rings. The van der Waals surface area contributed by atoms with Crippen LogP contribution in [0.5, 0.6) is 5.75 Å². The van der Waals surface area contributed by atoms with Crippen LogP contribution in [0.4, 0.5) is 0 Å². The van der Waals surface area contributed by atoms with E-state index in [4.69, 9.17) is 4.74 Å². The summed E-state index contributed by atoms with van der Waals surface area (Å²) in [5.41, 5.74) is 2.96. The van der Waals surface area contributed by atoms with Gasteiger partial charge < -0.3 is 10.1 Å². The van der Waals surface area contributed by atoms with Crippen LogP contribution in [0.2, 0.25) is 0 Å². The number of hydrogen-bond donors (Lipinski definition) is 2. The molecular weight excluding hydrogens is 410 g/mol. The van der Waals surface area contributed by atoms with E-state index < -0.39 is 0 Å². The lowest BCUT2D eigenvalue weighted by atomic mass is 10.0. The lowest BCUT2D eigenvalue weighted by molar-refractivity contribution is 0.0938. The number of H-pyrrole nitrogens is 1. The predicted octanol–water partition coefficient (Wildman–Crippen LogP) is 3.67. The third-order valence-corrected chi connectivity index (χ3v) is 6.45. The van der Waals surface area contributed by atoms with Gasteiger partial charge in [-0.3, -0.25) is 14.8 Å². The fourth-order valence-electron chi connectivity index (χ4n) is 3.82. The van der Waals surface area contributed by atoms with Gasteiger partial charge in [-0.15, -0.1) is 0 Å². The van der Waals surface area contributed by atoms with Crippen molar-refractivity contribution in [3.63, 3.8) is 0 Å². The van der Waals surface area contributed by atoms with E-state index in [1.165, 1.54) is 24.7 Å². The van der Waals surface area contributed by atoms with Crippen LogP contribution in [0.15, 0.2) is 60.0 Å². The van der Waals surface area contributed by atoms with E-state index in [9.17, 15) is 4.79 Å². The first-order chi connectivity index (χ1) is 15.2. The molecule has 1 amide bonds. The first kappa shape index (κ1) is 21.4. The lowest BCUT2D eigenvalue weighted by Gasteiger charge is -2.28. The number of methoxy groups -OCH3 is 1. The summed E-state index contributed by atoms with van der Waals surface area (Å²) in [4.78, 5) is 19.3. The minimum Gasteiger partial charge on any atom is -0.497 e. The van der Waals surface area contributed by atoms with Crippen LogP contribution in [0.25, 0.3) is 0 Å². The quantitative estimate of drug-likeness (QED) is 0.497. The lowest BCUT2D eigenvalue weighted by Crippen LogP contribution is -2.36. The van der Waals surface area contributed by atoms with Gasteiger partial charge in [0.25, 0.3) is 5.91 Å². The number of carbonyl (C=O) groups is 1. The number of benzene rings is 2. The monoisotopic (exact) mass is 437 g/mol. The molecule has 3 aromatic rings. The Morgan fingerprint density at radius 1 is 1.23 bits per heavy atom. The summed E-state index contributed by atoms with van der Waals surface area (Å²) in [5.74, 6) is 1.55. The van der Waals surface area contributed by atoms with Gasteiger partial charge in [0.05, 0.1) is 13.2 Å². The van der Waals surface area contributed by atoms with E-state index >= 15 is 0 Å². The number of nitrogens with zero attached hydrogens (tertiary/aromatic N) is 3. The maximum absolute atomic E-state index is 12.8. The number of aromatic nitrogens is 3. The van der Waals surface area contributed by atoms with Gasteiger partial charge in [-0.25, -0.2) is 4.98 Å². The highest BCUT2D eigenvalue weighted by molar-refractivity contribution is 7.98. The first-order valence-electron chi connectivity index (χ1n) is 10.5. The van der Waals surface area contributed by atoms with Gasteiger partial charge in [0.2, 0.25) is 0 Å². The van der Waals surface area contributed by atoms with Gasteiger partial charge in [-0.05, 0) is 61.3 Å². The number of amides is 1. The standard InChI is InChI=1S/C23H27N5O2S/c1-30-20-6-4-5-19(13-20)21(28-11-2-3-12-28)14-24-22(29)18-9-7-17(8-10-18)15-31-23-25-16-26-27-23/h4-10,13,16,21H,2-3,11-12,14-15H2,1H3,(H,24,29)(H,25,26,27). The summed E-state index contributed by atoms with van der Waals surface area (Å²) >= 11 is 1.58. The van der Waals surface area contributed by atoms with E-state index in [0.717, 1.165) is 35.3 Å². The Labute approximate surface area is 186 Å². The highest BCUT2D eigenvalue weighted by Gasteiger charge is 2.24. The minimum atomic E-state index is -0.0541. The van der Waals surface area contributed by atoms with E-state index in [1.807, 2.05) is 36.4 Å². The molecule has 162 valence electrons. The van der Waals surface area contributed by atoms with Gasteiger partial charge in [-0.2, -0.15) is 5.10 Å². The van der Waals surface area contributed by atoms with Crippen LogP contribution < -0.4 is 10.1 Å². The molecule has 8 heteroatoms. The summed E-state index contributed by atoms with van der Waals surface area (Å²) in [6.07, 6.45) is 3.89. The van der Waals surface area contributed by atoms with Crippen molar-refractivity contribution in [2.24, 2.45) is 0 Å². The molecule has 1 saturated heterocycles. The van der Waals surface area contributed by atoms with Crippen LogP contribution in [-0.2, 0) is 5.75 Å². The molecule has 2 aromatic carbocycles. The summed E-state index contributed by atoms with van der Waals surface area (Å²) in [6, 6.07) is 16.0. The fourth-order valence-corrected chi connectivity index (χ4v) is 4.55. The van der Waals surface area contributed by atoms with Gasteiger partial charge in [-0.1, -0.05) is 36.0 Å². The van der Waals surface area contributed by atoms with Crippen molar-refractivity contribution >= 4 is 17.7 Å². The average Bonchev–Trinajstić information content (AvgIpc) is 3.53. The minimum absolute atomic E-state index is 0.0541. The molecule has 2 heterocycles. The second-order valence-electron chi connectivity index (χ2n) is 7.52. The maximum atomic E-state index is 12.8. The number of nitrogens with one attached hydrogen (secondary N) is 2. The van der Waals surface area contributed by atoms with Crippen LogP contribution >= 0.6 is 11.8 Å². The molecule has 0 spiro atoms. The third kappa shape index (κ3) is 5.65. The van der Waals surface area contributed by atoms with Crippen LogP contribution in [0.3, 0.4) is 0 Å². The topological polar surface area (TPSA) is 83.1 Å². The number of ether oxygens (including phenoxy) is 1. The summed E-state index contributed by atoms with van der Waals surface area (Å²) in [5, 5.41) is 10.6. The molecule has 0 bridgehead atoms. The van der Waals surface area contributed by atoms with Gasteiger partial charge >= 0.3 is 0 Å². The smallest absolute Gasteiger partial charge is 0.251 e. The number of aromatic amines is 1. The predicted molar refractivity (Wildman–Crippen MR) is 121 cm³/mol. The number of rotatable bonds is 9. The highest BCUT2D eigenvalue weighted by atomic mass is 32.2. The zero-order chi connectivity index (χ0) is 21.5. The van der Waals surface area contributed by atoms with Crippen molar-refractivity contribution in [1.82, 2.24) is 25.4 Å². The van der Waals surface area contributed by atoms with E-state index in [2.05, 4.69) is 37.5 Å². The molecule has 31 heavy (non-hydrogen) atoms. The van der Waals surface area contributed by atoms with Gasteiger partial charge in [0.15, 0.2) is 5.16 Å². The molecule has 1 aliphatic heterocycles. The SMILES string of the molecule is COc1cccc(C(CNC(=O)c2ccc(CSc3ncn[nH]3)cc2)N2CCCC2)c1. The number of likely N-dealkylation sites (tertiary alicyclic amines) is 1. The van der Waals surface area contributed by atoms with Crippen molar-refractivity contribution < 1.29 is 9.53 Å². The largest absolute Gasteiger partial charge is 0.497 e. The first-order valence-corrected chi connectivity index (χ1v) is 11.4. The summed E-state index contributed by atoms with van der Waals surface area (Å²) in [6.45, 7) is 2.67. The normalized spacial score (nSPS) is 15.0. The Balaban J connectivity index is 1.37. The molecule has 1 atom stereocenters. The van der Waals surface area contributed by atoms with Crippen LogP contribution in [0.1, 0.15) is 40.4 Å². The Morgan fingerprint density at radius 2 is 2.03 bits per heavy atom. The van der Waals surface area contributed by atoms with Gasteiger partial charge in [0, 0.05) is 17.9 Å². The molecule has 0 aliphatic carbocycles. The van der Waals surface area contributed by atoms with Crippen molar-refractivity contribution in [1.29, 1.82) is 0 Å². The van der Waals surface area contributed by atoms with Crippen LogP contribution in [0, 0.1) is 0 Å². The van der Waals surface area contributed by atoms with E-state index in [0.29, 0.717) is 12.1 Å². The number of thioether (sulfide) groups is 1. The fraction of sp³-hybridized carbons (Fsp3) is 0.348. The van der Waals surface area contributed by atoms with Crippen LogP contribution in [-0.4, -0.2) is 52.7 Å². The Kier molecular flexibility index (Phi) is 7.22. The molecule has 0 radical (unpaired) electrons. The molecule has 4 rings (SSSR count). The summed E-state index contributed by atoms with van der Waals surface area (Å²) < 4.78 is 5.40. The second-order valence-corrected chi connectivity index (χ2v) is 8.49. The maximum Gasteiger partial charge on any atom is 0.251 e. The molecule has 1 unspecified atom stereocenters. The molecule has 7 nitrogen and oxygen atoms in total. The third-order valence-electron chi connectivity index (χ3n) is 5.50. The van der Waals surface area contributed by atoms with Gasteiger partial charge in [0.1, 0.15) is 12.1 Å². The molecule has 0 saturated carbocycles. The van der Waals surface area contributed by atoms with E-state index in [-0.39, 0.29) is 11.9 Å². The second kappa shape index (κ2) is 10.5. The van der Waals surface area contributed by atoms with E-state index in [1.54, 1.807) is 18.9 Å². The Bertz CT molecular complexity index is 972. The number of hydrogen-bond acceptors (Lipinski definition) is 6. The van der Waals surface area contributed by atoms with Crippen molar-refractivity contribution in [3.05, 3.63) is 71.5 Å². The highest BCUT2D eigenvalue weighted by Crippen LogP contribution is 2.27. The summed E-state index contributed by atoms with van der Waals surface area (Å²) in [7, 11) is 1.68. The molecule has 2 N–H and O–H groups in total. The van der Waals surface area contributed by atoms with Crippen molar-refractivity contribution in [2.45, 2.75) is 29.8 Å². The zero-order valence-corrected chi connectivity index (χ0v) is 18.4. The average molecular weight is 438 g/mol. The zero-order valence-electron chi connectivity index (χ0n) is 17.6. The Morgan fingerprint density at radius 3 is 2.74 bits per heavy atom. The Hall–Kier alpha value is -2.84. The molecular formula is C23H27N5O2S. The van der Waals surface area contributed by atoms with Crippen molar-refractivity contribution in [2.75, 3.05) is 26.7 Å². The molecule has 1 fully saturated rings. The number of carbonyl (C=O) groups excluding carboxylic acids is 1. The molecule has 1 aromatic heterocycles. The van der Waals surface area contributed by atoms with Crippen molar-refractivity contribution in [3.8, 4) is 5.75 Å².